The number of rotatable bonds is 2. The average molecular weight is 322 g/mol. The normalized spacial score (nSPS) is 12.6. The van der Waals surface area contributed by atoms with Crippen LogP contribution in [0.25, 0.3) is 0 Å². The fraction of sp³-hybridized carbons (Fsp3) is 0.375. The van der Waals surface area contributed by atoms with Crippen LogP contribution in [0.2, 0.25) is 0 Å². The average Bonchev–Trinajstić information content (AvgIpc) is 3.42. The Morgan fingerprint density at radius 3 is 1.79 bits per heavy atom. The summed E-state index contributed by atoms with van der Waals surface area (Å²) >= 11 is 0. The molecule has 129 valence electrons. The van der Waals surface area contributed by atoms with Gasteiger partial charge in [-0.05, 0) is 35.4 Å². The zero-order chi connectivity index (χ0) is 18.2. The SMILES string of the molecule is CC.CC(C)(C)c1ccc([C]2C=C2)cc1.CCc1cccc(C)c1. The van der Waals surface area contributed by atoms with Crippen LogP contribution in [0, 0.1) is 12.8 Å². The van der Waals surface area contributed by atoms with Crippen LogP contribution in [0.1, 0.15) is 63.8 Å². The van der Waals surface area contributed by atoms with Gasteiger partial charge < -0.3 is 0 Å². The third kappa shape index (κ3) is 6.74. The molecule has 0 heterocycles. The van der Waals surface area contributed by atoms with Gasteiger partial charge in [-0.15, -0.1) is 0 Å². The van der Waals surface area contributed by atoms with E-state index < -0.39 is 0 Å². The number of hydrogen-bond acceptors (Lipinski definition) is 0. The van der Waals surface area contributed by atoms with Crippen molar-refractivity contribution in [3.8, 4) is 0 Å². The van der Waals surface area contributed by atoms with Crippen molar-refractivity contribution in [3.63, 3.8) is 0 Å². The van der Waals surface area contributed by atoms with Gasteiger partial charge in [0.15, 0.2) is 0 Å². The number of hydrogen-bond donors (Lipinski definition) is 0. The Labute approximate surface area is 149 Å². The van der Waals surface area contributed by atoms with Crippen molar-refractivity contribution >= 4 is 0 Å². The van der Waals surface area contributed by atoms with Crippen LogP contribution in [0.3, 0.4) is 0 Å². The maximum atomic E-state index is 2.24. The minimum Gasteiger partial charge on any atom is -0.0714 e. The first-order chi connectivity index (χ1) is 11.4. The molecule has 0 unspecified atom stereocenters. The summed E-state index contributed by atoms with van der Waals surface area (Å²) in [5.74, 6) is 1.38. The highest BCUT2D eigenvalue weighted by molar-refractivity contribution is 5.55. The Morgan fingerprint density at radius 2 is 1.42 bits per heavy atom. The van der Waals surface area contributed by atoms with Gasteiger partial charge in [-0.2, -0.15) is 0 Å². The highest BCUT2D eigenvalue weighted by Crippen LogP contribution is 2.30. The lowest BCUT2D eigenvalue weighted by molar-refractivity contribution is 0.590. The zero-order valence-electron chi connectivity index (χ0n) is 16.5. The fourth-order valence-electron chi connectivity index (χ4n) is 2.33. The monoisotopic (exact) mass is 321 g/mol. The van der Waals surface area contributed by atoms with E-state index in [1.807, 2.05) is 13.8 Å². The molecule has 0 bridgehead atoms. The second-order valence-corrected chi connectivity index (χ2v) is 6.96. The summed E-state index contributed by atoms with van der Waals surface area (Å²) in [5, 5.41) is 0. The second-order valence-electron chi connectivity index (χ2n) is 6.96. The second kappa shape index (κ2) is 9.47. The van der Waals surface area contributed by atoms with Crippen molar-refractivity contribution < 1.29 is 0 Å². The van der Waals surface area contributed by atoms with Crippen molar-refractivity contribution in [3.05, 3.63) is 88.9 Å². The minimum atomic E-state index is 0.264. The lowest BCUT2D eigenvalue weighted by Crippen LogP contribution is -2.10. The molecule has 3 rings (SSSR count). The third-order valence-corrected chi connectivity index (χ3v) is 3.91. The van der Waals surface area contributed by atoms with E-state index in [0.717, 1.165) is 6.42 Å². The van der Waals surface area contributed by atoms with E-state index in [4.69, 9.17) is 0 Å². The first kappa shape index (κ1) is 20.2. The maximum Gasteiger partial charge on any atom is 0.0479 e. The lowest BCUT2D eigenvalue weighted by Gasteiger charge is -2.19. The summed E-state index contributed by atoms with van der Waals surface area (Å²) in [4.78, 5) is 0. The lowest BCUT2D eigenvalue weighted by atomic mass is 9.86. The molecule has 0 fully saturated rings. The highest BCUT2D eigenvalue weighted by atomic mass is 14.2. The summed E-state index contributed by atoms with van der Waals surface area (Å²) in [6.07, 6.45) is 5.43. The topological polar surface area (TPSA) is 0 Å². The van der Waals surface area contributed by atoms with Gasteiger partial charge in [0.25, 0.3) is 0 Å². The van der Waals surface area contributed by atoms with Gasteiger partial charge in [-0.1, -0.05) is 108 Å². The Bertz CT molecular complexity index is 618. The largest absolute Gasteiger partial charge is 0.0714 e. The Hall–Kier alpha value is -1.82. The molecule has 0 saturated carbocycles. The molecule has 2 aromatic rings. The van der Waals surface area contributed by atoms with Crippen LogP contribution in [-0.2, 0) is 11.8 Å². The Morgan fingerprint density at radius 1 is 0.833 bits per heavy atom. The predicted octanol–water partition coefficient (Wildman–Crippen LogP) is 7.06. The van der Waals surface area contributed by atoms with E-state index in [2.05, 4.69) is 95.3 Å². The van der Waals surface area contributed by atoms with E-state index in [-0.39, 0.29) is 5.41 Å². The van der Waals surface area contributed by atoms with Gasteiger partial charge in [0.2, 0.25) is 0 Å². The summed E-state index contributed by atoms with van der Waals surface area (Å²) in [6.45, 7) is 15.0. The molecule has 0 N–H and O–H groups in total. The van der Waals surface area contributed by atoms with Crippen LogP contribution in [0.4, 0.5) is 0 Å². The molecule has 0 aliphatic heterocycles. The summed E-state index contributed by atoms with van der Waals surface area (Å²) in [7, 11) is 0. The summed E-state index contributed by atoms with van der Waals surface area (Å²) in [6, 6.07) is 17.5. The number of benzene rings is 2. The van der Waals surface area contributed by atoms with Gasteiger partial charge >= 0.3 is 0 Å². The van der Waals surface area contributed by atoms with Crippen LogP contribution in [0.15, 0.2) is 60.7 Å². The van der Waals surface area contributed by atoms with E-state index >= 15 is 0 Å². The Kier molecular flexibility index (Phi) is 7.98. The van der Waals surface area contributed by atoms with E-state index in [1.54, 1.807) is 0 Å². The van der Waals surface area contributed by atoms with Crippen LogP contribution < -0.4 is 0 Å². The molecule has 0 atom stereocenters. The van der Waals surface area contributed by atoms with Crippen LogP contribution >= 0.6 is 0 Å². The first-order valence-electron chi connectivity index (χ1n) is 9.11. The molecule has 0 aromatic heterocycles. The van der Waals surface area contributed by atoms with Gasteiger partial charge in [0.1, 0.15) is 0 Å². The molecule has 2 aromatic carbocycles. The van der Waals surface area contributed by atoms with Gasteiger partial charge in [-0.25, -0.2) is 0 Å². The molecule has 24 heavy (non-hydrogen) atoms. The van der Waals surface area contributed by atoms with Crippen molar-refractivity contribution in [2.24, 2.45) is 0 Å². The third-order valence-electron chi connectivity index (χ3n) is 3.91. The fourth-order valence-corrected chi connectivity index (χ4v) is 2.33. The van der Waals surface area contributed by atoms with Crippen molar-refractivity contribution in [1.29, 1.82) is 0 Å². The summed E-state index contributed by atoms with van der Waals surface area (Å²) < 4.78 is 0. The quantitative estimate of drug-likeness (QED) is 0.555. The molecule has 1 aliphatic carbocycles. The van der Waals surface area contributed by atoms with Gasteiger partial charge in [0, 0.05) is 5.92 Å². The van der Waals surface area contributed by atoms with Crippen molar-refractivity contribution in [2.75, 3.05) is 0 Å². The molecule has 0 nitrogen and oxygen atoms in total. The highest BCUT2D eigenvalue weighted by Gasteiger charge is 2.17. The van der Waals surface area contributed by atoms with Crippen LogP contribution in [-0.4, -0.2) is 0 Å². The van der Waals surface area contributed by atoms with E-state index in [0.29, 0.717) is 0 Å². The smallest absolute Gasteiger partial charge is 0.0479 e. The predicted molar refractivity (Wildman–Crippen MR) is 109 cm³/mol. The molecule has 0 heteroatoms. The molecule has 0 amide bonds. The zero-order valence-corrected chi connectivity index (χ0v) is 16.5. The van der Waals surface area contributed by atoms with Crippen LogP contribution in [0.5, 0.6) is 0 Å². The molecule has 0 saturated heterocycles. The maximum absolute atomic E-state index is 2.24. The molecular formula is C24H33. The van der Waals surface area contributed by atoms with Crippen molar-refractivity contribution in [1.82, 2.24) is 0 Å². The number of aryl methyl sites for hydroxylation is 2. The van der Waals surface area contributed by atoms with Gasteiger partial charge in [0.05, 0.1) is 0 Å². The standard InChI is InChI=1S/C13H15.C9H12.C2H6/c1-13(2,3)12-8-6-11(7-9-12)10-4-5-10;1-3-9-6-4-5-8(2)7-9;1-2/h4-9H,1-3H3;4-7H,3H2,1-2H3;1-2H3. The Balaban J connectivity index is 0.000000230. The van der Waals surface area contributed by atoms with E-state index in [9.17, 15) is 0 Å². The van der Waals surface area contributed by atoms with E-state index in [1.165, 1.54) is 28.2 Å². The molecule has 1 aliphatic rings. The minimum absolute atomic E-state index is 0.264. The molecule has 0 spiro atoms. The summed E-state index contributed by atoms with van der Waals surface area (Å²) in [5.41, 5.74) is 5.79. The van der Waals surface area contributed by atoms with Crippen molar-refractivity contribution in [2.45, 2.75) is 60.3 Å². The number of allylic oxidation sites excluding steroid dienone is 2. The first-order valence-corrected chi connectivity index (χ1v) is 9.11. The molecular weight excluding hydrogens is 288 g/mol. The molecule has 1 radical (unpaired) electrons. The van der Waals surface area contributed by atoms with Gasteiger partial charge in [-0.3, -0.25) is 0 Å².